The molecule has 1 amide bonds. The van der Waals surface area contributed by atoms with Crippen molar-refractivity contribution in [3.05, 3.63) is 0 Å². The van der Waals surface area contributed by atoms with Crippen molar-refractivity contribution < 1.29 is 15.0 Å². The van der Waals surface area contributed by atoms with Gasteiger partial charge in [-0.3, -0.25) is 4.79 Å². The van der Waals surface area contributed by atoms with Crippen LogP contribution in [0.3, 0.4) is 0 Å². The maximum atomic E-state index is 12.2. The van der Waals surface area contributed by atoms with Crippen molar-refractivity contribution in [2.75, 3.05) is 19.7 Å². The molecular weight excluding hydrogens is 220 g/mol. The summed E-state index contributed by atoms with van der Waals surface area (Å²) in [5, 5.41) is 22.2. The van der Waals surface area contributed by atoms with Gasteiger partial charge in [0.1, 0.15) is 5.60 Å². The maximum Gasteiger partial charge on any atom is 0.239 e. The average molecular weight is 242 g/mol. The highest BCUT2D eigenvalue weighted by atomic mass is 16.3. The van der Waals surface area contributed by atoms with E-state index in [0.29, 0.717) is 12.6 Å². The first-order valence-corrected chi connectivity index (χ1v) is 6.40. The molecule has 17 heavy (non-hydrogen) atoms. The molecule has 5 nitrogen and oxygen atoms in total. The molecule has 0 aromatic rings. The monoisotopic (exact) mass is 242 g/mol. The molecule has 0 radical (unpaired) electrons. The Balaban J connectivity index is 1.90. The summed E-state index contributed by atoms with van der Waals surface area (Å²) in [6, 6.07) is 0.424. The highest BCUT2D eigenvalue weighted by molar-refractivity contribution is 5.82. The highest BCUT2D eigenvalue weighted by Gasteiger charge is 2.35. The zero-order chi connectivity index (χ0) is 12.5. The summed E-state index contributed by atoms with van der Waals surface area (Å²) in [5.41, 5.74) is -1.20. The summed E-state index contributed by atoms with van der Waals surface area (Å²) in [5.74, 6) is 0.0666. The molecule has 2 rings (SSSR count). The Kier molecular flexibility index (Phi) is 3.70. The van der Waals surface area contributed by atoms with Crippen LogP contribution in [0.2, 0.25) is 0 Å². The molecule has 1 heterocycles. The zero-order valence-corrected chi connectivity index (χ0v) is 10.4. The van der Waals surface area contributed by atoms with Gasteiger partial charge in [-0.2, -0.15) is 0 Å². The summed E-state index contributed by atoms with van der Waals surface area (Å²) < 4.78 is 0. The number of aliphatic hydroxyl groups is 2. The van der Waals surface area contributed by atoms with Gasteiger partial charge in [-0.1, -0.05) is 0 Å². The second-order valence-electron chi connectivity index (χ2n) is 5.55. The first-order chi connectivity index (χ1) is 8.02. The third-order valence-corrected chi connectivity index (χ3v) is 3.42. The number of carbonyl (C=O) groups excluding carboxylic acids is 1. The number of likely N-dealkylation sites (tertiary alicyclic amines) is 1. The molecule has 1 saturated carbocycles. The lowest BCUT2D eigenvalue weighted by Gasteiger charge is -2.36. The SMILES string of the molecule is CC(O)(CO)CN1CCCC(NC2CC2)C1=O. The highest BCUT2D eigenvalue weighted by Crippen LogP contribution is 2.23. The molecule has 0 bridgehead atoms. The van der Waals surface area contributed by atoms with E-state index < -0.39 is 5.60 Å². The van der Waals surface area contributed by atoms with Gasteiger partial charge in [0.25, 0.3) is 0 Å². The number of nitrogens with one attached hydrogen (secondary N) is 1. The quantitative estimate of drug-likeness (QED) is 0.606. The molecule has 1 saturated heterocycles. The van der Waals surface area contributed by atoms with Gasteiger partial charge in [0.2, 0.25) is 5.91 Å². The van der Waals surface area contributed by atoms with Crippen LogP contribution in [-0.4, -0.2) is 58.4 Å². The van der Waals surface area contributed by atoms with Crippen LogP contribution >= 0.6 is 0 Å². The minimum atomic E-state index is -1.20. The van der Waals surface area contributed by atoms with Gasteiger partial charge in [-0.05, 0) is 32.6 Å². The van der Waals surface area contributed by atoms with Crippen molar-refractivity contribution >= 4 is 5.91 Å². The maximum absolute atomic E-state index is 12.2. The second kappa shape index (κ2) is 4.92. The van der Waals surface area contributed by atoms with Gasteiger partial charge in [0.15, 0.2) is 0 Å². The Bertz CT molecular complexity index is 289. The molecule has 2 atom stereocenters. The summed E-state index contributed by atoms with van der Waals surface area (Å²) in [6.07, 6.45) is 4.17. The molecule has 1 aliphatic heterocycles. The molecule has 0 aromatic heterocycles. The predicted octanol–water partition coefficient (Wildman–Crippen LogP) is -0.527. The fraction of sp³-hybridized carbons (Fsp3) is 0.917. The van der Waals surface area contributed by atoms with Gasteiger partial charge in [-0.25, -0.2) is 0 Å². The molecule has 2 unspecified atom stereocenters. The molecule has 5 heteroatoms. The van der Waals surface area contributed by atoms with E-state index in [0.717, 1.165) is 25.7 Å². The summed E-state index contributed by atoms with van der Waals surface area (Å²) >= 11 is 0. The number of amides is 1. The van der Waals surface area contributed by atoms with E-state index in [1.165, 1.54) is 0 Å². The van der Waals surface area contributed by atoms with Crippen LogP contribution < -0.4 is 5.32 Å². The molecule has 2 fully saturated rings. The van der Waals surface area contributed by atoms with Crippen LogP contribution in [-0.2, 0) is 4.79 Å². The second-order valence-corrected chi connectivity index (χ2v) is 5.55. The molecule has 0 aromatic carbocycles. The lowest BCUT2D eigenvalue weighted by atomic mass is 10.0. The van der Waals surface area contributed by atoms with Crippen molar-refractivity contribution in [3.8, 4) is 0 Å². The molecule has 2 aliphatic rings. The number of hydrogen-bond acceptors (Lipinski definition) is 4. The Morgan fingerprint density at radius 3 is 2.76 bits per heavy atom. The molecule has 98 valence electrons. The Morgan fingerprint density at radius 2 is 2.18 bits per heavy atom. The number of carbonyl (C=O) groups is 1. The van der Waals surface area contributed by atoms with Gasteiger partial charge in [0, 0.05) is 12.6 Å². The first-order valence-electron chi connectivity index (χ1n) is 6.40. The summed E-state index contributed by atoms with van der Waals surface area (Å²) in [4.78, 5) is 13.8. The lowest BCUT2D eigenvalue weighted by molar-refractivity contribution is -0.140. The Hall–Kier alpha value is -0.650. The number of hydrogen-bond donors (Lipinski definition) is 3. The van der Waals surface area contributed by atoms with E-state index in [4.69, 9.17) is 5.11 Å². The zero-order valence-electron chi connectivity index (χ0n) is 10.4. The molecule has 3 N–H and O–H groups in total. The summed E-state index contributed by atoms with van der Waals surface area (Å²) in [7, 11) is 0. The minimum absolute atomic E-state index is 0.0666. The van der Waals surface area contributed by atoms with Gasteiger partial charge in [0.05, 0.1) is 19.2 Å². The van der Waals surface area contributed by atoms with Crippen LogP contribution in [0.4, 0.5) is 0 Å². The van der Waals surface area contributed by atoms with Crippen LogP contribution in [0.15, 0.2) is 0 Å². The van der Waals surface area contributed by atoms with Crippen LogP contribution in [0.25, 0.3) is 0 Å². The standard InChI is InChI=1S/C12H22N2O3/c1-12(17,8-15)7-14-6-2-3-10(11(14)16)13-9-4-5-9/h9-10,13,15,17H,2-8H2,1H3. The topological polar surface area (TPSA) is 72.8 Å². The van der Waals surface area contributed by atoms with E-state index >= 15 is 0 Å². The fourth-order valence-electron chi connectivity index (χ4n) is 2.25. The van der Waals surface area contributed by atoms with Crippen molar-refractivity contribution in [2.24, 2.45) is 0 Å². The van der Waals surface area contributed by atoms with E-state index in [1.54, 1.807) is 11.8 Å². The average Bonchev–Trinajstić information content (AvgIpc) is 3.08. The number of nitrogens with zero attached hydrogens (tertiary/aromatic N) is 1. The van der Waals surface area contributed by atoms with Gasteiger partial charge >= 0.3 is 0 Å². The van der Waals surface area contributed by atoms with Crippen LogP contribution in [0.1, 0.15) is 32.6 Å². The van der Waals surface area contributed by atoms with Gasteiger partial charge < -0.3 is 20.4 Å². The van der Waals surface area contributed by atoms with Crippen molar-refractivity contribution in [1.29, 1.82) is 0 Å². The predicted molar refractivity (Wildman–Crippen MR) is 63.5 cm³/mol. The molecule has 1 aliphatic carbocycles. The number of aliphatic hydroxyl groups excluding tert-OH is 1. The fourth-order valence-corrected chi connectivity index (χ4v) is 2.25. The van der Waals surface area contributed by atoms with E-state index in [2.05, 4.69) is 5.32 Å². The van der Waals surface area contributed by atoms with E-state index in [1.807, 2.05) is 0 Å². The van der Waals surface area contributed by atoms with Crippen LogP contribution in [0.5, 0.6) is 0 Å². The normalized spacial score (nSPS) is 29.2. The third-order valence-electron chi connectivity index (χ3n) is 3.42. The van der Waals surface area contributed by atoms with Crippen LogP contribution in [0, 0.1) is 0 Å². The summed E-state index contributed by atoms with van der Waals surface area (Å²) in [6.45, 7) is 2.12. The van der Waals surface area contributed by atoms with E-state index in [-0.39, 0.29) is 25.1 Å². The minimum Gasteiger partial charge on any atom is -0.393 e. The molecule has 0 spiro atoms. The third kappa shape index (κ3) is 3.40. The van der Waals surface area contributed by atoms with Crippen molar-refractivity contribution in [1.82, 2.24) is 10.2 Å². The van der Waals surface area contributed by atoms with Crippen molar-refractivity contribution in [3.63, 3.8) is 0 Å². The lowest BCUT2D eigenvalue weighted by Crippen LogP contribution is -2.55. The smallest absolute Gasteiger partial charge is 0.239 e. The number of rotatable bonds is 5. The first kappa shape index (κ1) is 12.8. The van der Waals surface area contributed by atoms with E-state index in [9.17, 15) is 9.90 Å². The Labute approximate surface area is 102 Å². The molecular formula is C12H22N2O3. The largest absolute Gasteiger partial charge is 0.393 e. The number of piperidine rings is 1. The van der Waals surface area contributed by atoms with Crippen molar-refractivity contribution in [2.45, 2.75) is 50.3 Å². The number of β-amino-alcohol motifs (C(OH)–C–C–N with tert-alkyl or cyclic N) is 1. The van der Waals surface area contributed by atoms with Gasteiger partial charge in [-0.15, -0.1) is 0 Å². The Morgan fingerprint density at radius 1 is 1.47 bits per heavy atom.